The van der Waals surface area contributed by atoms with Crippen LogP contribution in [0.1, 0.15) is 25.8 Å². The number of carbonyl (C=O) groups is 1. The van der Waals surface area contributed by atoms with Crippen LogP contribution in [0.5, 0.6) is 5.75 Å². The summed E-state index contributed by atoms with van der Waals surface area (Å²) in [6.45, 7) is 4.99. The first-order valence-corrected chi connectivity index (χ1v) is 7.91. The highest BCUT2D eigenvalue weighted by Gasteiger charge is 2.00. The lowest BCUT2D eigenvalue weighted by Gasteiger charge is -2.07. The summed E-state index contributed by atoms with van der Waals surface area (Å²) in [6, 6.07) is 16.1. The van der Waals surface area contributed by atoms with Crippen LogP contribution < -0.4 is 4.74 Å². The zero-order chi connectivity index (χ0) is 16.5. The van der Waals surface area contributed by atoms with Crippen molar-refractivity contribution < 1.29 is 14.3 Å². The van der Waals surface area contributed by atoms with E-state index in [2.05, 4.69) is 6.92 Å². The van der Waals surface area contributed by atoms with Crippen LogP contribution >= 0.6 is 0 Å². The van der Waals surface area contributed by atoms with Crippen molar-refractivity contribution in [3.8, 4) is 16.9 Å². The predicted molar refractivity (Wildman–Crippen MR) is 93.3 cm³/mol. The normalized spacial score (nSPS) is 10.7. The van der Waals surface area contributed by atoms with Crippen LogP contribution in [-0.2, 0) is 9.53 Å². The molecule has 23 heavy (non-hydrogen) atoms. The zero-order valence-electron chi connectivity index (χ0n) is 13.6. The molecule has 3 heteroatoms. The van der Waals surface area contributed by atoms with Gasteiger partial charge < -0.3 is 9.47 Å². The number of hydrogen-bond donors (Lipinski definition) is 0. The van der Waals surface area contributed by atoms with Gasteiger partial charge in [-0.25, -0.2) is 4.79 Å². The summed E-state index contributed by atoms with van der Waals surface area (Å²) < 4.78 is 10.5. The highest BCUT2D eigenvalue weighted by molar-refractivity contribution is 5.87. The van der Waals surface area contributed by atoms with E-state index >= 15 is 0 Å². The monoisotopic (exact) mass is 310 g/mol. The van der Waals surface area contributed by atoms with Gasteiger partial charge in [0.15, 0.2) is 0 Å². The minimum Gasteiger partial charge on any atom is -0.494 e. The van der Waals surface area contributed by atoms with Gasteiger partial charge >= 0.3 is 5.97 Å². The molecule has 0 heterocycles. The molecular formula is C20H22O3. The maximum atomic E-state index is 11.4. The van der Waals surface area contributed by atoms with Gasteiger partial charge in [0.2, 0.25) is 0 Å². The first-order chi connectivity index (χ1) is 11.2. The maximum absolute atomic E-state index is 11.4. The minimum atomic E-state index is -0.324. The fraction of sp³-hybridized carbons (Fsp3) is 0.250. The molecular weight excluding hydrogens is 288 g/mol. The van der Waals surface area contributed by atoms with Gasteiger partial charge in [0.1, 0.15) is 5.75 Å². The van der Waals surface area contributed by atoms with Crippen molar-refractivity contribution in [2.75, 3.05) is 13.2 Å². The molecule has 0 N–H and O–H groups in total. The van der Waals surface area contributed by atoms with Gasteiger partial charge in [-0.15, -0.1) is 0 Å². The van der Waals surface area contributed by atoms with Crippen LogP contribution in [0, 0.1) is 0 Å². The Morgan fingerprint density at radius 2 is 1.83 bits per heavy atom. The third-order valence-corrected chi connectivity index (χ3v) is 3.25. The van der Waals surface area contributed by atoms with Gasteiger partial charge in [-0.1, -0.05) is 37.3 Å². The molecule has 0 bridgehead atoms. The van der Waals surface area contributed by atoms with Crippen molar-refractivity contribution in [2.45, 2.75) is 20.3 Å². The van der Waals surface area contributed by atoms with E-state index in [-0.39, 0.29) is 5.97 Å². The number of hydrogen-bond acceptors (Lipinski definition) is 3. The van der Waals surface area contributed by atoms with Gasteiger partial charge in [0.25, 0.3) is 0 Å². The van der Waals surface area contributed by atoms with Crippen LogP contribution in [-0.4, -0.2) is 19.2 Å². The number of rotatable bonds is 7. The molecule has 3 nitrogen and oxygen atoms in total. The average molecular weight is 310 g/mol. The van der Waals surface area contributed by atoms with Crippen molar-refractivity contribution in [1.29, 1.82) is 0 Å². The molecule has 0 fully saturated rings. The summed E-state index contributed by atoms with van der Waals surface area (Å²) >= 11 is 0. The second-order valence-corrected chi connectivity index (χ2v) is 5.08. The predicted octanol–water partition coefficient (Wildman–Crippen LogP) is 4.72. The lowest BCUT2D eigenvalue weighted by Crippen LogP contribution is -1.98. The molecule has 0 saturated heterocycles. The lowest BCUT2D eigenvalue weighted by atomic mass is 10.0. The van der Waals surface area contributed by atoms with Crippen molar-refractivity contribution in [1.82, 2.24) is 0 Å². The largest absolute Gasteiger partial charge is 0.494 e. The van der Waals surface area contributed by atoms with Gasteiger partial charge in [0, 0.05) is 6.08 Å². The first kappa shape index (κ1) is 16.8. The van der Waals surface area contributed by atoms with E-state index in [9.17, 15) is 4.79 Å². The van der Waals surface area contributed by atoms with E-state index in [1.807, 2.05) is 48.5 Å². The Hall–Kier alpha value is -2.55. The summed E-state index contributed by atoms with van der Waals surface area (Å²) in [5.41, 5.74) is 3.17. The molecule has 0 unspecified atom stereocenters. The molecule has 0 spiro atoms. The fourth-order valence-electron chi connectivity index (χ4n) is 2.14. The summed E-state index contributed by atoms with van der Waals surface area (Å²) in [4.78, 5) is 11.4. The standard InChI is InChI=1S/C20H22O3/c1-3-14-23-19-11-9-17(10-12-19)18-7-5-6-16(15-18)8-13-20(21)22-4-2/h5-13,15H,3-4,14H2,1-2H3/b13-8-. The van der Waals surface area contributed by atoms with Crippen LogP contribution in [0.25, 0.3) is 17.2 Å². The van der Waals surface area contributed by atoms with Gasteiger partial charge in [-0.3, -0.25) is 0 Å². The summed E-state index contributed by atoms with van der Waals surface area (Å²) in [5, 5.41) is 0. The SMILES string of the molecule is CCCOc1ccc(-c2cccc(/C=C\C(=O)OCC)c2)cc1. The maximum Gasteiger partial charge on any atom is 0.330 e. The molecule has 120 valence electrons. The minimum absolute atomic E-state index is 0.324. The van der Waals surface area contributed by atoms with Crippen LogP contribution in [0.15, 0.2) is 54.6 Å². The Morgan fingerprint density at radius 3 is 2.52 bits per heavy atom. The smallest absolute Gasteiger partial charge is 0.330 e. The molecule has 0 radical (unpaired) electrons. The highest BCUT2D eigenvalue weighted by Crippen LogP contribution is 2.23. The van der Waals surface area contributed by atoms with E-state index in [0.29, 0.717) is 6.61 Å². The van der Waals surface area contributed by atoms with Gasteiger partial charge in [-0.2, -0.15) is 0 Å². The van der Waals surface area contributed by atoms with Crippen molar-refractivity contribution in [3.63, 3.8) is 0 Å². The fourth-order valence-corrected chi connectivity index (χ4v) is 2.14. The van der Waals surface area contributed by atoms with Gasteiger partial charge in [0.05, 0.1) is 13.2 Å². The Morgan fingerprint density at radius 1 is 1.04 bits per heavy atom. The molecule has 0 aliphatic rings. The molecule has 2 aromatic carbocycles. The van der Waals surface area contributed by atoms with E-state index in [0.717, 1.165) is 35.5 Å². The molecule has 0 aliphatic carbocycles. The lowest BCUT2D eigenvalue weighted by molar-refractivity contribution is -0.137. The van der Waals surface area contributed by atoms with Crippen molar-refractivity contribution >= 4 is 12.0 Å². The molecule has 0 atom stereocenters. The summed E-state index contributed by atoms with van der Waals surface area (Å²) in [6.07, 6.45) is 4.21. The average Bonchev–Trinajstić information content (AvgIpc) is 2.59. The summed E-state index contributed by atoms with van der Waals surface area (Å²) in [5.74, 6) is 0.560. The van der Waals surface area contributed by atoms with E-state index < -0.39 is 0 Å². The quantitative estimate of drug-likeness (QED) is 0.548. The molecule has 0 saturated carbocycles. The number of ether oxygens (including phenoxy) is 2. The first-order valence-electron chi connectivity index (χ1n) is 7.91. The second-order valence-electron chi connectivity index (χ2n) is 5.08. The number of benzene rings is 2. The van der Waals surface area contributed by atoms with Crippen LogP contribution in [0.2, 0.25) is 0 Å². The molecule has 0 amide bonds. The van der Waals surface area contributed by atoms with Crippen molar-refractivity contribution in [3.05, 3.63) is 60.2 Å². The van der Waals surface area contributed by atoms with E-state index in [1.165, 1.54) is 6.08 Å². The summed E-state index contributed by atoms with van der Waals surface area (Å²) in [7, 11) is 0. The second kappa shape index (κ2) is 8.79. The van der Waals surface area contributed by atoms with Crippen LogP contribution in [0.4, 0.5) is 0 Å². The Kier molecular flexibility index (Phi) is 6.42. The number of esters is 1. The number of carbonyl (C=O) groups excluding carboxylic acids is 1. The molecule has 2 aromatic rings. The van der Waals surface area contributed by atoms with Crippen LogP contribution in [0.3, 0.4) is 0 Å². The van der Waals surface area contributed by atoms with E-state index in [1.54, 1.807) is 13.0 Å². The third-order valence-electron chi connectivity index (χ3n) is 3.25. The molecule has 0 aromatic heterocycles. The Labute approximate surface area is 137 Å². The van der Waals surface area contributed by atoms with Gasteiger partial charge in [-0.05, 0) is 54.3 Å². The Bertz CT molecular complexity index is 657. The zero-order valence-corrected chi connectivity index (χ0v) is 13.6. The van der Waals surface area contributed by atoms with Crippen molar-refractivity contribution in [2.24, 2.45) is 0 Å². The third kappa shape index (κ3) is 5.29. The van der Waals surface area contributed by atoms with E-state index in [4.69, 9.17) is 9.47 Å². The highest BCUT2D eigenvalue weighted by atomic mass is 16.5. The Balaban J connectivity index is 2.11. The molecule has 2 rings (SSSR count). The molecule has 0 aliphatic heterocycles. The topological polar surface area (TPSA) is 35.5 Å².